The Bertz CT molecular complexity index is 1400. The lowest BCUT2D eigenvalue weighted by Gasteiger charge is -2.38. The van der Waals surface area contributed by atoms with Crippen LogP contribution in [-0.2, 0) is 10.2 Å². The molecule has 2 aromatic heterocycles. The maximum absolute atomic E-state index is 13.8. The minimum atomic E-state index is -0.201. The molecular weight excluding hydrogens is 464 g/mol. The second-order valence-electron chi connectivity index (χ2n) is 10.1. The summed E-state index contributed by atoms with van der Waals surface area (Å²) >= 11 is 0. The Morgan fingerprint density at radius 1 is 1.14 bits per heavy atom. The molecule has 37 heavy (non-hydrogen) atoms. The molecule has 0 atom stereocenters. The molecule has 3 heterocycles. The third-order valence-electron chi connectivity index (χ3n) is 7.46. The van der Waals surface area contributed by atoms with Crippen molar-refractivity contribution in [1.29, 1.82) is 0 Å². The summed E-state index contributed by atoms with van der Waals surface area (Å²) < 4.78 is 12.9. The van der Waals surface area contributed by atoms with Gasteiger partial charge in [0.15, 0.2) is 5.65 Å². The number of ether oxygens (including phenoxy) is 2. The number of pyridine rings is 1. The first kappa shape index (κ1) is 25.0. The average Bonchev–Trinajstić information content (AvgIpc) is 3.36. The summed E-state index contributed by atoms with van der Waals surface area (Å²) in [7, 11) is 1.67. The van der Waals surface area contributed by atoms with Gasteiger partial charge in [-0.1, -0.05) is 36.4 Å². The van der Waals surface area contributed by atoms with Crippen LogP contribution in [0.4, 0.5) is 0 Å². The number of hydrogen-bond acceptors (Lipinski definition) is 5. The van der Waals surface area contributed by atoms with Crippen LogP contribution in [0.5, 0.6) is 5.75 Å². The van der Waals surface area contributed by atoms with E-state index in [0.29, 0.717) is 25.3 Å². The van der Waals surface area contributed by atoms with Crippen LogP contribution in [0.2, 0.25) is 0 Å². The van der Waals surface area contributed by atoms with Crippen LogP contribution in [0, 0.1) is 6.92 Å². The molecule has 7 nitrogen and oxygen atoms in total. The van der Waals surface area contributed by atoms with E-state index in [-0.39, 0.29) is 17.4 Å². The van der Waals surface area contributed by atoms with Crippen LogP contribution >= 0.6 is 0 Å². The number of aryl methyl sites for hydroxylation is 1. The van der Waals surface area contributed by atoms with Crippen molar-refractivity contribution in [3.63, 3.8) is 0 Å². The zero-order valence-electron chi connectivity index (χ0n) is 22.0. The van der Waals surface area contributed by atoms with E-state index in [0.717, 1.165) is 46.4 Å². The molecule has 1 N–H and O–H groups in total. The van der Waals surface area contributed by atoms with Gasteiger partial charge in [0, 0.05) is 36.8 Å². The maximum Gasteiger partial charge on any atom is 0.252 e. The Kier molecular flexibility index (Phi) is 6.98. The van der Waals surface area contributed by atoms with Gasteiger partial charge in [0.05, 0.1) is 30.0 Å². The Morgan fingerprint density at radius 3 is 2.54 bits per heavy atom. The first-order valence-electron chi connectivity index (χ1n) is 12.9. The molecule has 0 aliphatic carbocycles. The number of fused-ring (bicyclic) bond motifs is 1. The lowest BCUT2D eigenvalue weighted by molar-refractivity contribution is 0.0487. The van der Waals surface area contributed by atoms with Crippen LogP contribution in [0.15, 0.2) is 60.8 Å². The molecule has 1 aliphatic rings. The quantitative estimate of drug-likeness (QED) is 0.365. The van der Waals surface area contributed by atoms with Crippen LogP contribution in [-0.4, -0.2) is 47.5 Å². The fourth-order valence-corrected chi connectivity index (χ4v) is 5.20. The molecule has 4 aromatic rings. The zero-order valence-corrected chi connectivity index (χ0v) is 22.0. The molecule has 7 heteroatoms. The fourth-order valence-electron chi connectivity index (χ4n) is 5.20. The van der Waals surface area contributed by atoms with E-state index in [4.69, 9.17) is 14.5 Å². The number of benzene rings is 2. The van der Waals surface area contributed by atoms with E-state index < -0.39 is 0 Å². The van der Waals surface area contributed by atoms with Crippen LogP contribution in [0.3, 0.4) is 0 Å². The number of rotatable bonds is 7. The van der Waals surface area contributed by atoms with Crippen molar-refractivity contribution >= 4 is 16.9 Å². The van der Waals surface area contributed by atoms with Gasteiger partial charge in [-0.25, -0.2) is 9.67 Å². The average molecular weight is 499 g/mol. The predicted octanol–water partition coefficient (Wildman–Crippen LogP) is 5.47. The molecular formula is C30H34N4O3. The molecule has 1 aliphatic heterocycles. The van der Waals surface area contributed by atoms with Gasteiger partial charge in [0.25, 0.3) is 5.91 Å². The van der Waals surface area contributed by atoms with Gasteiger partial charge in [-0.05, 0) is 62.9 Å². The minimum absolute atomic E-state index is 0.119. The number of methoxy groups -OCH3 is 1. The number of nitrogens with zero attached hydrogens (tertiary/aromatic N) is 3. The van der Waals surface area contributed by atoms with Gasteiger partial charge in [0.1, 0.15) is 5.75 Å². The Morgan fingerprint density at radius 2 is 1.86 bits per heavy atom. The maximum atomic E-state index is 13.8. The largest absolute Gasteiger partial charge is 0.497 e. The summed E-state index contributed by atoms with van der Waals surface area (Å²) in [5.74, 6) is 0.699. The number of aromatic nitrogens is 3. The van der Waals surface area contributed by atoms with Crippen LogP contribution in [0.1, 0.15) is 54.2 Å². The van der Waals surface area contributed by atoms with E-state index in [1.807, 2.05) is 41.1 Å². The third-order valence-corrected chi connectivity index (χ3v) is 7.46. The Hall–Kier alpha value is -3.71. The van der Waals surface area contributed by atoms with Gasteiger partial charge in [-0.2, -0.15) is 5.10 Å². The van der Waals surface area contributed by atoms with Gasteiger partial charge >= 0.3 is 0 Å². The lowest BCUT2D eigenvalue weighted by atomic mass is 9.74. The van der Waals surface area contributed by atoms with Crippen LogP contribution in [0.25, 0.3) is 22.3 Å². The second-order valence-corrected chi connectivity index (χ2v) is 10.1. The van der Waals surface area contributed by atoms with Gasteiger partial charge in [-0.3, -0.25) is 4.79 Å². The molecule has 0 radical (unpaired) electrons. The molecule has 0 unspecified atom stereocenters. The standard InChI is InChI=1S/C30H34N4O3/c1-20(2)34-28-26(18-32-34)25(17-27(33-28)24-8-6-5-7-21(24)3)29(35)31-19-30(13-15-37-16-14-30)22-9-11-23(36-4)12-10-22/h5-12,17-18,20H,13-16,19H2,1-4H3,(H,31,35). The molecule has 0 spiro atoms. The van der Waals surface area contributed by atoms with Crippen molar-refractivity contribution in [3.8, 4) is 17.0 Å². The third kappa shape index (κ3) is 4.83. The van der Waals surface area contributed by atoms with E-state index in [1.165, 1.54) is 5.56 Å². The number of carbonyl (C=O) groups is 1. The number of carbonyl (C=O) groups excluding carboxylic acids is 1. The van der Waals surface area contributed by atoms with Crippen molar-refractivity contribution in [3.05, 3.63) is 77.5 Å². The van der Waals surface area contributed by atoms with Crippen molar-refractivity contribution in [2.75, 3.05) is 26.9 Å². The van der Waals surface area contributed by atoms with Crippen LogP contribution < -0.4 is 10.1 Å². The van der Waals surface area contributed by atoms with E-state index in [2.05, 4.69) is 49.4 Å². The number of nitrogens with one attached hydrogen (secondary N) is 1. The Balaban J connectivity index is 1.51. The molecule has 2 aromatic carbocycles. The summed E-state index contributed by atoms with van der Waals surface area (Å²) in [4.78, 5) is 18.7. The second kappa shape index (κ2) is 10.3. The molecule has 1 fully saturated rings. The first-order chi connectivity index (χ1) is 17.9. The highest BCUT2D eigenvalue weighted by molar-refractivity contribution is 6.06. The van der Waals surface area contributed by atoms with E-state index >= 15 is 0 Å². The predicted molar refractivity (Wildman–Crippen MR) is 145 cm³/mol. The Labute approximate surface area is 217 Å². The number of amides is 1. The summed E-state index contributed by atoms with van der Waals surface area (Å²) in [5, 5.41) is 8.60. The lowest BCUT2D eigenvalue weighted by Crippen LogP contribution is -2.44. The van der Waals surface area contributed by atoms with E-state index in [1.54, 1.807) is 13.3 Å². The van der Waals surface area contributed by atoms with Gasteiger partial charge in [-0.15, -0.1) is 0 Å². The highest BCUT2D eigenvalue weighted by Crippen LogP contribution is 2.35. The van der Waals surface area contributed by atoms with Gasteiger partial charge < -0.3 is 14.8 Å². The molecule has 1 saturated heterocycles. The van der Waals surface area contributed by atoms with Crippen molar-refractivity contribution < 1.29 is 14.3 Å². The minimum Gasteiger partial charge on any atom is -0.497 e. The summed E-state index contributed by atoms with van der Waals surface area (Å²) in [5.41, 5.74) is 5.18. The molecule has 0 saturated carbocycles. The van der Waals surface area contributed by atoms with Crippen molar-refractivity contribution in [1.82, 2.24) is 20.1 Å². The highest BCUT2D eigenvalue weighted by Gasteiger charge is 2.35. The molecule has 0 bridgehead atoms. The fraction of sp³-hybridized carbons (Fsp3) is 0.367. The van der Waals surface area contributed by atoms with E-state index in [9.17, 15) is 4.79 Å². The summed E-state index contributed by atoms with van der Waals surface area (Å²) in [6.45, 7) is 8.05. The van der Waals surface area contributed by atoms with Crippen molar-refractivity contribution in [2.45, 2.75) is 45.1 Å². The normalized spacial score (nSPS) is 15.2. The van der Waals surface area contributed by atoms with Gasteiger partial charge in [0.2, 0.25) is 0 Å². The number of hydrogen-bond donors (Lipinski definition) is 1. The monoisotopic (exact) mass is 498 g/mol. The summed E-state index contributed by atoms with van der Waals surface area (Å²) in [6.07, 6.45) is 3.43. The molecule has 5 rings (SSSR count). The molecule has 1 amide bonds. The summed E-state index contributed by atoms with van der Waals surface area (Å²) in [6, 6.07) is 18.3. The van der Waals surface area contributed by atoms with Crippen molar-refractivity contribution in [2.24, 2.45) is 0 Å². The SMILES string of the molecule is COc1ccc(C2(CNC(=O)c3cc(-c4ccccc4C)nc4c3cnn4C(C)C)CCOCC2)cc1. The highest BCUT2D eigenvalue weighted by atomic mass is 16.5. The zero-order chi connectivity index (χ0) is 26.0. The first-order valence-corrected chi connectivity index (χ1v) is 12.9. The smallest absolute Gasteiger partial charge is 0.252 e. The topological polar surface area (TPSA) is 78.3 Å². The molecule has 192 valence electrons.